The van der Waals surface area contributed by atoms with Crippen molar-refractivity contribution in [3.8, 4) is 5.75 Å². The van der Waals surface area contributed by atoms with Crippen molar-refractivity contribution in [1.82, 2.24) is 4.90 Å². The van der Waals surface area contributed by atoms with Crippen molar-refractivity contribution in [2.24, 2.45) is 0 Å². The van der Waals surface area contributed by atoms with Gasteiger partial charge in [-0.1, -0.05) is 18.6 Å². The van der Waals surface area contributed by atoms with Crippen LogP contribution in [0.15, 0.2) is 18.2 Å². The summed E-state index contributed by atoms with van der Waals surface area (Å²) in [7, 11) is 0. The fourth-order valence-corrected chi connectivity index (χ4v) is 2.80. The summed E-state index contributed by atoms with van der Waals surface area (Å²) in [6.07, 6.45) is 3.38. The van der Waals surface area contributed by atoms with E-state index < -0.39 is 6.10 Å². The highest BCUT2D eigenvalue weighted by molar-refractivity contribution is 5.35. The molecule has 1 fully saturated rings. The number of nitrogens with zero attached hydrogens (tertiary/aromatic N) is 1. The Bertz CT molecular complexity index is 439. The van der Waals surface area contributed by atoms with Crippen LogP contribution in [0.25, 0.3) is 0 Å². The Hall–Kier alpha value is -0.770. The third kappa shape index (κ3) is 5.50. The van der Waals surface area contributed by atoms with Gasteiger partial charge in [-0.25, -0.2) is 0 Å². The Morgan fingerprint density at radius 2 is 2.10 bits per heavy atom. The maximum Gasteiger partial charge on any atom is 0.122 e. The third-order valence-corrected chi connectivity index (χ3v) is 4.16. The zero-order chi connectivity index (χ0) is 14.5. The number of halogens is 1. The first-order chi connectivity index (χ1) is 9.56. The van der Waals surface area contributed by atoms with Crippen LogP contribution in [0.1, 0.15) is 37.3 Å². The van der Waals surface area contributed by atoms with Gasteiger partial charge >= 0.3 is 0 Å². The molecule has 0 bridgehead atoms. The number of aliphatic hydroxyl groups is 1. The number of hydrogen-bond acceptors (Lipinski definition) is 3. The van der Waals surface area contributed by atoms with Crippen LogP contribution >= 0.6 is 0 Å². The zero-order valence-electron chi connectivity index (χ0n) is 13.3. The molecule has 0 aromatic heterocycles. The van der Waals surface area contributed by atoms with Gasteiger partial charge in [0.15, 0.2) is 0 Å². The Labute approximate surface area is 134 Å². The highest BCUT2D eigenvalue weighted by atomic mass is 35.5. The van der Waals surface area contributed by atoms with Gasteiger partial charge in [0.1, 0.15) is 18.5 Å². The van der Waals surface area contributed by atoms with E-state index in [2.05, 4.69) is 30.9 Å². The Morgan fingerprint density at radius 1 is 1.33 bits per heavy atom. The normalized spacial score (nSPS) is 20.7. The van der Waals surface area contributed by atoms with Gasteiger partial charge in [0, 0.05) is 12.6 Å². The third-order valence-electron chi connectivity index (χ3n) is 4.16. The fraction of sp³-hybridized carbons (Fsp3) is 0.647. The van der Waals surface area contributed by atoms with Crippen molar-refractivity contribution < 1.29 is 22.3 Å². The standard InChI is InChI=1S/C17H27NO2.ClH/c1-13-7-8-14(2)17(10-13)20-12-16(19)11-18-9-5-4-6-15(18)3;/h7-8,10,15-16,19H,4-6,9,11-12H2,1-3H3;1H/p-1. The number of aliphatic hydroxyl groups excluding tert-OH is 1. The topological polar surface area (TPSA) is 32.7 Å². The predicted octanol–water partition coefficient (Wildman–Crippen LogP) is -0.0785. The van der Waals surface area contributed by atoms with Gasteiger partial charge < -0.3 is 22.3 Å². The lowest BCUT2D eigenvalue weighted by atomic mass is 10.0. The number of piperidine rings is 1. The van der Waals surface area contributed by atoms with Crippen molar-refractivity contribution in [3.05, 3.63) is 29.3 Å². The Morgan fingerprint density at radius 3 is 2.81 bits per heavy atom. The molecule has 2 unspecified atom stereocenters. The number of ether oxygens (including phenoxy) is 1. The highest BCUT2D eigenvalue weighted by Crippen LogP contribution is 2.20. The van der Waals surface area contributed by atoms with Crippen LogP contribution in [-0.4, -0.2) is 41.8 Å². The number of likely N-dealkylation sites (tertiary alicyclic amines) is 1. The largest absolute Gasteiger partial charge is 1.00 e. The summed E-state index contributed by atoms with van der Waals surface area (Å²) in [5, 5.41) is 10.2. The summed E-state index contributed by atoms with van der Waals surface area (Å²) in [5.41, 5.74) is 2.30. The molecule has 1 heterocycles. The van der Waals surface area contributed by atoms with Crippen molar-refractivity contribution in [3.63, 3.8) is 0 Å². The van der Waals surface area contributed by atoms with E-state index in [-0.39, 0.29) is 12.4 Å². The van der Waals surface area contributed by atoms with Crippen LogP contribution in [0.3, 0.4) is 0 Å². The molecule has 2 rings (SSSR count). The minimum atomic E-state index is -0.421. The first-order valence-corrected chi connectivity index (χ1v) is 7.68. The lowest BCUT2D eigenvalue weighted by Crippen LogP contribution is -3.00. The molecule has 1 N–H and O–H groups in total. The molecule has 2 atom stereocenters. The molecule has 1 aromatic rings. The second-order valence-corrected chi connectivity index (χ2v) is 6.07. The first kappa shape index (κ1) is 18.3. The first-order valence-electron chi connectivity index (χ1n) is 7.68. The van der Waals surface area contributed by atoms with Crippen molar-refractivity contribution in [2.75, 3.05) is 19.7 Å². The van der Waals surface area contributed by atoms with Gasteiger partial charge in [0.25, 0.3) is 0 Å². The van der Waals surface area contributed by atoms with Gasteiger partial charge in [0.05, 0.1) is 0 Å². The monoisotopic (exact) mass is 312 g/mol. The summed E-state index contributed by atoms with van der Waals surface area (Å²) < 4.78 is 5.78. The molecular formula is C17H27ClNO2-. The van der Waals surface area contributed by atoms with Crippen LogP contribution in [0.4, 0.5) is 0 Å². The van der Waals surface area contributed by atoms with Gasteiger partial charge in [-0.2, -0.15) is 0 Å². The van der Waals surface area contributed by atoms with E-state index >= 15 is 0 Å². The molecule has 1 aromatic carbocycles. The molecule has 1 saturated heterocycles. The molecule has 21 heavy (non-hydrogen) atoms. The highest BCUT2D eigenvalue weighted by Gasteiger charge is 2.21. The van der Waals surface area contributed by atoms with Crippen LogP contribution in [-0.2, 0) is 0 Å². The number of hydrogen-bond donors (Lipinski definition) is 1. The molecule has 1 aliphatic rings. The molecular weight excluding hydrogens is 286 g/mol. The molecule has 3 nitrogen and oxygen atoms in total. The summed E-state index contributed by atoms with van der Waals surface area (Å²) in [5.74, 6) is 0.885. The number of benzene rings is 1. The van der Waals surface area contributed by atoms with E-state index in [0.29, 0.717) is 19.2 Å². The molecule has 0 spiro atoms. The maximum absolute atomic E-state index is 10.2. The molecule has 0 aliphatic carbocycles. The van der Waals surface area contributed by atoms with Gasteiger partial charge in [-0.3, -0.25) is 4.90 Å². The SMILES string of the molecule is Cc1ccc(C)c(OCC(O)CN2CCCCC2C)c1.[Cl-]. The lowest BCUT2D eigenvalue weighted by molar-refractivity contribution is -0.00000651. The van der Waals surface area contributed by atoms with Gasteiger partial charge in [-0.15, -0.1) is 0 Å². The molecule has 0 saturated carbocycles. The minimum Gasteiger partial charge on any atom is -1.00 e. The minimum absolute atomic E-state index is 0. The lowest BCUT2D eigenvalue weighted by Gasteiger charge is -2.34. The molecule has 0 amide bonds. The summed E-state index contributed by atoms with van der Waals surface area (Å²) in [6, 6.07) is 6.75. The number of β-amino-alcohol motifs (C(OH)–C–C–N with tert-alkyl or cyclic N) is 1. The van der Waals surface area contributed by atoms with E-state index in [1.807, 2.05) is 13.0 Å². The molecule has 4 heteroatoms. The second-order valence-electron chi connectivity index (χ2n) is 6.07. The van der Waals surface area contributed by atoms with Crippen molar-refractivity contribution in [1.29, 1.82) is 0 Å². The van der Waals surface area contributed by atoms with Crippen LogP contribution in [0.5, 0.6) is 5.75 Å². The van der Waals surface area contributed by atoms with Crippen molar-refractivity contribution >= 4 is 0 Å². The van der Waals surface area contributed by atoms with Crippen LogP contribution in [0, 0.1) is 13.8 Å². The van der Waals surface area contributed by atoms with E-state index in [4.69, 9.17) is 4.74 Å². The summed E-state index contributed by atoms with van der Waals surface area (Å²) >= 11 is 0. The Balaban J connectivity index is 0.00000220. The van der Waals surface area contributed by atoms with Gasteiger partial charge in [-0.05, 0) is 57.4 Å². The number of aryl methyl sites for hydroxylation is 2. The second kappa shape index (κ2) is 8.62. The van der Waals surface area contributed by atoms with Crippen LogP contribution < -0.4 is 17.1 Å². The quantitative estimate of drug-likeness (QED) is 0.826. The smallest absolute Gasteiger partial charge is 0.122 e. The van der Waals surface area contributed by atoms with E-state index in [9.17, 15) is 5.11 Å². The van der Waals surface area contributed by atoms with E-state index in [0.717, 1.165) is 17.9 Å². The van der Waals surface area contributed by atoms with E-state index in [1.54, 1.807) is 0 Å². The average molecular weight is 313 g/mol. The molecule has 120 valence electrons. The Kier molecular flexibility index (Phi) is 7.50. The zero-order valence-corrected chi connectivity index (χ0v) is 14.1. The molecule has 1 aliphatic heterocycles. The maximum atomic E-state index is 10.2. The van der Waals surface area contributed by atoms with E-state index in [1.165, 1.54) is 24.8 Å². The number of rotatable bonds is 5. The summed E-state index contributed by atoms with van der Waals surface area (Å²) in [4.78, 5) is 2.38. The average Bonchev–Trinajstić information content (AvgIpc) is 2.42. The molecule has 0 radical (unpaired) electrons. The predicted molar refractivity (Wildman–Crippen MR) is 82.3 cm³/mol. The fourth-order valence-electron chi connectivity index (χ4n) is 2.80. The van der Waals surface area contributed by atoms with Crippen LogP contribution in [0.2, 0.25) is 0 Å². The summed E-state index contributed by atoms with van der Waals surface area (Å²) in [6.45, 7) is 8.52. The van der Waals surface area contributed by atoms with Gasteiger partial charge in [0.2, 0.25) is 0 Å². The van der Waals surface area contributed by atoms with Crippen molar-refractivity contribution in [2.45, 2.75) is 52.2 Å².